The second kappa shape index (κ2) is 4.28. The maximum Gasteiger partial charge on any atom is 0.178 e. The Morgan fingerprint density at radius 3 is 2.44 bits per heavy atom. The van der Waals surface area contributed by atoms with Gasteiger partial charge in [-0.15, -0.1) is 0 Å². The molecule has 1 fully saturated rings. The standard InChI is InChI=1S/C12H15F2NO2S/c1-12(4-3-5-15-12)8-6-10(14)11(7-9(8)13)18(2,16)17/h6-7,15H,3-5H2,1-2H3. The summed E-state index contributed by atoms with van der Waals surface area (Å²) < 4.78 is 50.4. The molecule has 1 N–H and O–H groups in total. The number of hydrogen-bond donors (Lipinski definition) is 1. The molecule has 18 heavy (non-hydrogen) atoms. The minimum Gasteiger partial charge on any atom is -0.308 e. The molecule has 6 heteroatoms. The molecule has 100 valence electrons. The van der Waals surface area contributed by atoms with Gasteiger partial charge in [0.2, 0.25) is 0 Å². The molecule has 1 atom stereocenters. The summed E-state index contributed by atoms with van der Waals surface area (Å²) in [4.78, 5) is -0.592. The van der Waals surface area contributed by atoms with Gasteiger partial charge in [-0.1, -0.05) is 0 Å². The van der Waals surface area contributed by atoms with Crippen LogP contribution < -0.4 is 5.32 Å². The quantitative estimate of drug-likeness (QED) is 0.897. The first kappa shape index (κ1) is 13.4. The van der Waals surface area contributed by atoms with Crippen molar-refractivity contribution >= 4 is 9.84 Å². The van der Waals surface area contributed by atoms with E-state index in [9.17, 15) is 17.2 Å². The topological polar surface area (TPSA) is 46.2 Å². The molecule has 1 aliphatic heterocycles. The van der Waals surface area contributed by atoms with Gasteiger partial charge in [0.1, 0.15) is 16.5 Å². The molecule has 2 rings (SSSR count). The average molecular weight is 275 g/mol. The highest BCUT2D eigenvalue weighted by Gasteiger charge is 2.34. The minimum absolute atomic E-state index is 0.185. The van der Waals surface area contributed by atoms with Crippen LogP contribution in [0.25, 0.3) is 0 Å². The Bertz CT molecular complexity index is 578. The Labute approximate surface area is 105 Å². The molecule has 1 aromatic carbocycles. The lowest BCUT2D eigenvalue weighted by molar-refractivity contribution is 0.404. The molecular formula is C12H15F2NO2S. The summed E-state index contributed by atoms with van der Waals surface area (Å²) in [6, 6.07) is 1.76. The lowest BCUT2D eigenvalue weighted by Crippen LogP contribution is -2.34. The van der Waals surface area contributed by atoms with Crippen LogP contribution in [0.5, 0.6) is 0 Å². The summed E-state index contributed by atoms with van der Waals surface area (Å²) in [5.74, 6) is -1.59. The molecule has 0 amide bonds. The number of halogens is 2. The van der Waals surface area contributed by atoms with Gasteiger partial charge in [0.05, 0.1) is 0 Å². The highest BCUT2D eigenvalue weighted by molar-refractivity contribution is 7.90. The predicted octanol–water partition coefficient (Wildman–Crippen LogP) is 1.97. The van der Waals surface area contributed by atoms with Crippen molar-refractivity contribution in [2.24, 2.45) is 0 Å². The number of nitrogens with one attached hydrogen (secondary N) is 1. The van der Waals surface area contributed by atoms with Crippen LogP contribution >= 0.6 is 0 Å². The van der Waals surface area contributed by atoms with Crippen molar-refractivity contribution in [2.45, 2.75) is 30.2 Å². The van der Waals surface area contributed by atoms with Gasteiger partial charge in [0.25, 0.3) is 0 Å². The molecule has 3 nitrogen and oxygen atoms in total. The van der Waals surface area contributed by atoms with Crippen LogP contribution in [0.15, 0.2) is 17.0 Å². The van der Waals surface area contributed by atoms with E-state index in [1.807, 2.05) is 0 Å². The zero-order valence-corrected chi connectivity index (χ0v) is 11.1. The summed E-state index contributed by atoms with van der Waals surface area (Å²) >= 11 is 0. The van der Waals surface area contributed by atoms with Gasteiger partial charge in [-0.25, -0.2) is 17.2 Å². The van der Waals surface area contributed by atoms with Crippen LogP contribution in [0.4, 0.5) is 8.78 Å². The Balaban J connectivity index is 2.56. The molecule has 1 heterocycles. The van der Waals surface area contributed by atoms with E-state index in [4.69, 9.17) is 0 Å². The first-order valence-corrected chi connectivity index (χ1v) is 7.58. The molecule has 0 aromatic heterocycles. The summed E-state index contributed by atoms with van der Waals surface area (Å²) in [7, 11) is -3.75. The van der Waals surface area contributed by atoms with E-state index >= 15 is 0 Å². The zero-order chi connectivity index (χ0) is 13.6. The monoisotopic (exact) mass is 275 g/mol. The Kier molecular flexibility index (Phi) is 3.19. The first-order chi connectivity index (χ1) is 8.24. The largest absolute Gasteiger partial charge is 0.308 e. The maximum absolute atomic E-state index is 14.0. The highest BCUT2D eigenvalue weighted by Crippen LogP contribution is 2.33. The van der Waals surface area contributed by atoms with Gasteiger partial charge in [0.15, 0.2) is 9.84 Å². The van der Waals surface area contributed by atoms with Crippen LogP contribution in [-0.2, 0) is 15.4 Å². The minimum atomic E-state index is -3.75. The van der Waals surface area contributed by atoms with Crippen LogP contribution in [0.1, 0.15) is 25.3 Å². The fourth-order valence-corrected chi connectivity index (χ4v) is 3.09. The maximum atomic E-state index is 14.0. The number of sulfone groups is 1. The summed E-state index contributed by atoms with van der Waals surface area (Å²) in [6.07, 6.45) is 2.44. The lowest BCUT2D eigenvalue weighted by Gasteiger charge is -2.25. The molecule has 0 bridgehead atoms. The van der Waals surface area contributed by atoms with Gasteiger partial charge >= 0.3 is 0 Å². The van der Waals surface area contributed by atoms with Crippen molar-refractivity contribution in [2.75, 3.05) is 12.8 Å². The number of benzene rings is 1. The SMILES string of the molecule is CC1(c2cc(F)c(S(C)(=O)=O)cc2F)CCCN1. The fourth-order valence-electron chi connectivity index (χ4n) is 2.36. The van der Waals surface area contributed by atoms with Crippen molar-refractivity contribution in [3.05, 3.63) is 29.3 Å². The van der Waals surface area contributed by atoms with Gasteiger partial charge in [-0.05, 0) is 38.4 Å². The molecule has 1 aliphatic rings. The normalized spacial score (nSPS) is 24.4. The average Bonchev–Trinajstić information content (AvgIpc) is 2.67. The van der Waals surface area contributed by atoms with E-state index in [-0.39, 0.29) is 5.56 Å². The van der Waals surface area contributed by atoms with Crippen LogP contribution in [0.2, 0.25) is 0 Å². The second-order valence-electron chi connectivity index (χ2n) is 4.90. The molecule has 0 saturated carbocycles. The molecule has 0 spiro atoms. The zero-order valence-electron chi connectivity index (χ0n) is 10.3. The van der Waals surface area contributed by atoms with Crippen molar-refractivity contribution in [3.63, 3.8) is 0 Å². The molecule has 1 saturated heterocycles. The van der Waals surface area contributed by atoms with Crippen molar-refractivity contribution in [1.29, 1.82) is 0 Å². The Morgan fingerprint density at radius 2 is 1.94 bits per heavy atom. The summed E-state index contributed by atoms with van der Waals surface area (Å²) in [5.41, 5.74) is -0.439. The van der Waals surface area contributed by atoms with Gasteiger partial charge < -0.3 is 5.32 Å². The van der Waals surface area contributed by atoms with Gasteiger partial charge in [-0.2, -0.15) is 0 Å². The summed E-state index contributed by atoms with van der Waals surface area (Å²) in [6.45, 7) is 2.53. The number of rotatable bonds is 2. The Morgan fingerprint density at radius 1 is 1.28 bits per heavy atom. The van der Waals surface area contributed by atoms with Gasteiger partial charge in [-0.3, -0.25) is 0 Å². The Hall–Kier alpha value is -1.01. The van der Waals surface area contributed by atoms with E-state index in [0.717, 1.165) is 31.4 Å². The van der Waals surface area contributed by atoms with Gasteiger partial charge in [0, 0.05) is 17.4 Å². The lowest BCUT2D eigenvalue weighted by atomic mass is 9.90. The number of hydrogen-bond acceptors (Lipinski definition) is 3. The molecular weight excluding hydrogens is 260 g/mol. The summed E-state index contributed by atoms with van der Waals surface area (Å²) in [5, 5.41) is 3.12. The van der Waals surface area contributed by atoms with Crippen LogP contribution in [0, 0.1) is 11.6 Å². The van der Waals surface area contributed by atoms with E-state index in [1.165, 1.54) is 0 Å². The van der Waals surface area contributed by atoms with E-state index in [2.05, 4.69) is 5.32 Å². The third-order valence-electron chi connectivity index (χ3n) is 3.38. The van der Waals surface area contributed by atoms with E-state index in [1.54, 1.807) is 6.92 Å². The molecule has 0 radical (unpaired) electrons. The van der Waals surface area contributed by atoms with Crippen LogP contribution in [0.3, 0.4) is 0 Å². The second-order valence-corrected chi connectivity index (χ2v) is 6.88. The highest BCUT2D eigenvalue weighted by atomic mass is 32.2. The van der Waals surface area contributed by atoms with E-state index in [0.29, 0.717) is 6.42 Å². The van der Waals surface area contributed by atoms with Crippen molar-refractivity contribution < 1.29 is 17.2 Å². The molecule has 1 aromatic rings. The molecule has 1 unspecified atom stereocenters. The predicted molar refractivity (Wildman–Crippen MR) is 64.1 cm³/mol. The first-order valence-electron chi connectivity index (χ1n) is 5.69. The fraction of sp³-hybridized carbons (Fsp3) is 0.500. The molecule has 0 aliphatic carbocycles. The van der Waals surface area contributed by atoms with E-state index < -0.39 is 31.9 Å². The smallest absolute Gasteiger partial charge is 0.178 e. The van der Waals surface area contributed by atoms with Crippen molar-refractivity contribution in [3.8, 4) is 0 Å². The third kappa shape index (κ3) is 2.27. The van der Waals surface area contributed by atoms with Crippen LogP contribution in [-0.4, -0.2) is 21.2 Å². The third-order valence-corrected chi connectivity index (χ3v) is 4.50. The van der Waals surface area contributed by atoms with Crippen molar-refractivity contribution in [1.82, 2.24) is 5.32 Å².